The van der Waals surface area contributed by atoms with E-state index >= 15 is 0 Å². The minimum atomic E-state index is -4.89. The molecule has 1 aromatic rings. The lowest BCUT2D eigenvalue weighted by Gasteiger charge is -2.17. The molecule has 1 heterocycles. The largest absolute Gasteiger partial charge is 0.416 e. The molecule has 0 aromatic heterocycles. The third kappa shape index (κ3) is 3.31. The Balaban J connectivity index is 2.40. The van der Waals surface area contributed by atoms with Crippen LogP contribution in [0.15, 0.2) is 18.2 Å². The minimum absolute atomic E-state index is 0.287. The van der Waals surface area contributed by atoms with Gasteiger partial charge in [-0.1, -0.05) is 0 Å². The number of halogens is 5. The van der Waals surface area contributed by atoms with Gasteiger partial charge in [-0.3, -0.25) is 14.9 Å². The summed E-state index contributed by atoms with van der Waals surface area (Å²) in [5, 5.41) is 10.7. The number of nitro groups is 1. The zero-order valence-corrected chi connectivity index (χ0v) is 10.9. The monoisotopic (exact) mass is 324 g/mol. The molecule has 10 heteroatoms. The molecule has 0 saturated carbocycles. The molecule has 0 spiro atoms. The fourth-order valence-corrected chi connectivity index (χ4v) is 2.10. The molecular formula is C12H9F5N2O3. The number of hydrogen-bond acceptors (Lipinski definition) is 3. The highest BCUT2D eigenvalue weighted by Crippen LogP contribution is 2.34. The van der Waals surface area contributed by atoms with Crippen LogP contribution in [-0.2, 0) is 6.18 Å². The van der Waals surface area contributed by atoms with Gasteiger partial charge in [0, 0.05) is 30.7 Å². The molecule has 1 amide bonds. The lowest BCUT2D eigenvalue weighted by Crippen LogP contribution is -2.31. The summed E-state index contributed by atoms with van der Waals surface area (Å²) in [6.07, 6.45) is -5.49. The van der Waals surface area contributed by atoms with E-state index in [1.165, 1.54) is 0 Å². The first kappa shape index (κ1) is 16.1. The van der Waals surface area contributed by atoms with Crippen LogP contribution in [0.1, 0.15) is 22.3 Å². The lowest BCUT2D eigenvalue weighted by molar-refractivity contribution is -0.385. The molecule has 0 N–H and O–H groups in total. The number of non-ortho nitro benzene ring substituents is 1. The number of nitrogens with zero attached hydrogens (tertiary/aromatic N) is 2. The third-order valence-electron chi connectivity index (χ3n) is 3.16. The van der Waals surface area contributed by atoms with Gasteiger partial charge in [-0.05, 0) is 6.07 Å². The van der Waals surface area contributed by atoms with E-state index in [0.29, 0.717) is 17.0 Å². The van der Waals surface area contributed by atoms with Crippen LogP contribution in [0.3, 0.4) is 0 Å². The van der Waals surface area contributed by atoms with Gasteiger partial charge in [-0.2, -0.15) is 13.2 Å². The lowest BCUT2D eigenvalue weighted by atomic mass is 10.1. The van der Waals surface area contributed by atoms with Gasteiger partial charge in [0.2, 0.25) is 0 Å². The van der Waals surface area contributed by atoms with Gasteiger partial charge in [-0.25, -0.2) is 8.78 Å². The van der Waals surface area contributed by atoms with E-state index in [4.69, 9.17) is 0 Å². The van der Waals surface area contributed by atoms with E-state index in [0.717, 1.165) is 0 Å². The smallest absolute Gasteiger partial charge is 0.332 e. The molecule has 0 radical (unpaired) electrons. The van der Waals surface area contributed by atoms with Gasteiger partial charge >= 0.3 is 6.18 Å². The standard InChI is InChI=1S/C12H9F5N2O3/c13-11(14)1-2-18(6-11)10(20)7-3-8(12(15,16)17)5-9(4-7)19(21)22/h3-5H,1-2,6H2. The Kier molecular flexibility index (Phi) is 3.80. The normalized spacial score (nSPS) is 17.6. The Bertz CT molecular complexity index is 630. The predicted octanol–water partition coefficient (Wildman–Crippen LogP) is 3.09. The van der Waals surface area contributed by atoms with E-state index < -0.39 is 52.7 Å². The third-order valence-corrected chi connectivity index (χ3v) is 3.16. The van der Waals surface area contributed by atoms with Crippen LogP contribution in [0.4, 0.5) is 27.6 Å². The maximum Gasteiger partial charge on any atom is 0.416 e. The van der Waals surface area contributed by atoms with Crippen molar-refractivity contribution in [2.24, 2.45) is 0 Å². The molecule has 1 saturated heterocycles. The molecular weight excluding hydrogens is 315 g/mol. The predicted molar refractivity (Wildman–Crippen MR) is 63.6 cm³/mol. The maximum atomic E-state index is 13.1. The average Bonchev–Trinajstić information content (AvgIpc) is 2.76. The number of hydrogen-bond donors (Lipinski definition) is 0. The number of likely N-dealkylation sites (tertiary alicyclic amines) is 1. The molecule has 120 valence electrons. The Labute approximate surface area is 120 Å². The first-order valence-corrected chi connectivity index (χ1v) is 6.03. The van der Waals surface area contributed by atoms with Crippen LogP contribution >= 0.6 is 0 Å². The summed E-state index contributed by atoms with van der Waals surface area (Å²) < 4.78 is 64.3. The second-order valence-corrected chi connectivity index (χ2v) is 4.86. The molecule has 1 aromatic carbocycles. The van der Waals surface area contributed by atoms with E-state index in [9.17, 15) is 36.9 Å². The number of carbonyl (C=O) groups excluding carboxylic acids is 1. The van der Waals surface area contributed by atoms with E-state index in [1.54, 1.807) is 0 Å². The second-order valence-electron chi connectivity index (χ2n) is 4.86. The molecule has 1 aliphatic heterocycles. The molecule has 1 fully saturated rings. The van der Waals surface area contributed by atoms with E-state index in [2.05, 4.69) is 0 Å². The summed E-state index contributed by atoms with van der Waals surface area (Å²) in [5.74, 6) is -4.20. The van der Waals surface area contributed by atoms with Crippen LogP contribution in [0.2, 0.25) is 0 Å². The number of nitro benzene ring substituents is 1. The highest BCUT2D eigenvalue weighted by atomic mass is 19.4. The molecule has 0 unspecified atom stereocenters. The van der Waals surface area contributed by atoms with E-state index in [-0.39, 0.29) is 12.6 Å². The Hall–Kier alpha value is -2.26. The summed E-state index contributed by atoms with van der Waals surface area (Å²) in [6.45, 7) is -1.24. The van der Waals surface area contributed by atoms with Crippen LogP contribution < -0.4 is 0 Å². The van der Waals surface area contributed by atoms with Gasteiger partial charge in [-0.15, -0.1) is 0 Å². The van der Waals surface area contributed by atoms with Crippen LogP contribution in [0.25, 0.3) is 0 Å². The summed E-state index contributed by atoms with van der Waals surface area (Å²) in [4.78, 5) is 22.3. The van der Waals surface area contributed by atoms with Crippen LogP contribution in [-0.4, -0.2) is 34.7 Å². The Morgan fingerprint density at radius 1 is 1.27 bits per heavy atom. The number of amides is 1. The zero-order chi connectivity index (χ0) is 16.7. The van der Waals surface area contributed by atoms with Crippen molar-refractivity contribution in [1.82, 2.24) is 4.90 Å². The van der Waals surface area contributed by atoms with Crippen molar-refractivity contribution in [3.63, 3.8) is 0 Å². The molecule has 0 aliphatic carbocycles. The molecule has 5 nitrogen and oxygen atoms in total. The van der Waals surface area contributed by atoms with E-state index in [1.807, 2.05) is 0 Å². The number of benzene rings is 1. The Morgan fingerprint density at radius 2 is 1.91 bits per heavy atom. The van der Waals surface area contributed by atoms with Gasteiger partial charge in [0.1, 0.15) is 0 Å². The van der Waals surface area contributed by atoms with Crippen molar-refractivity contribution in [3.05, 3.63) is 39.4 Å². The summed E-state index contributed by atoms with van der Waals surface area (Å²) in [7, 11) is 0. The molecule has 0 bridgehead atoms. The van der Waals surface area contributed by atoms with Gasteiger partial charge in [0.15, 0.2) is 0 Å². The van der Waals surface area contributed by atoms with Crippen molar-refractivity contribution in [1.29, 1.82) is 0 Å². The maximum absolute atomic E-state index is 13.1. The quantitative estimate of drug-likeness (QED) is 0.477. The number of alkyl halides is 5. The second kappa shape index (κ2) is 5.18. The molecule has 2 rings (SSSR count). The number of carbonyl (C=O) groups is 1. The summed E-state index contributed by atoms with van der Waals surface area (Å²) in [5.41, 5.74) is -2.95. The minimum Gasteiger partial charge on any atom is -0.332 e. The summed E-state index contributed by atoms with van der Waals surface area (Å²) in [6, 6.07) is 1.36. The summed E-state index contributed by atoms with van der Waals surface area (Å²) >= 11 is 0. The molecule has 1 aliphatic rings. The van der Waals surface area contributed by atoms with Crippen molar-refractivity contribution < 1.29 is 31.7 Å². The first-order valence-electron chi connectivity index (χ1n) is 6.03. The van der Waals surface area contributed by atoms with Gasteiger partial charge in [0.25, 0.3) is 17.5 Å². The van der Waals surface area contributed by atoms with Crippen molar-refractivity contribution in [2.75, 3.05) is 13.1 Å². The first-order chi connectivity index (χ1) is 9.99. The van der Waals surface area contributed by atoms with Gasteiger partial charge < -0.3 is 4.90 Å². The van der Waals surface area contributed by atoms with Gasteiger partial charge in [0.05, 0.1) is 17.0 Å². The Morgan fingerprint density at radius 3 is 2.36 bits per heavy atom. The fourth-order valence-electron chi connectivity index (χ4n) is 2.10. The number of rotatable bonds is 2. The topological polar surface area (TPSA) is 63.4 Å². The zero-order valence-electron chi connectivity index (χ0n) is 10.9. The average molecular weight is 324 g/mol. The van der Waals surface area contributed by atoms with Crippen molar-refractivity contribution >= 4 is 11.6 Å². The van der Waals surface area contributed by atoms with Crippen molar-refractivity contribution in [3.8, 4) is 0 Å². The molecule has 22 heavy (non-hydrogen) atoms. The fraction of sp³-hybridized carbons (Fsp3) is 0.417. The molecule has 0 atom stereocenters. The van der Waals surface area contributed by atoms with Crippen molar-refractivity contribution in [2.45, 2.75) is 18.5 Å². The SMILES string of the molecule is O=C(c1cc([N+](=O)[O-])cc(C(F)(F)F)c1)N1CCC(F)(F)C1. The van der Waals surface area contributed by atoms with Crippen LogP contribution in [0.5, 0.6) is 0 Å². The highest BCUT2D eigenvalue weighted by Gasteiger charge is 2.41. The highest BCUT2D eigenvalue weighted by molar-refractivity contribution is 5.95. The van der Waals surface area contributed by atoms with Crippen LogP contribution in [0, 0.1) is 10.1 Å².